The molecule has 19 heavy (non-hydrogen) atoms. The number of anilines is 1. The molecule has 2 rings (SSSR count). The minimum atomic E-state index is 0.0986. The van der Waals surface area contributed by atoms with Gasteiger partial charge in [0.05, 0.1) is 6.10 Å². The maximum absolute atomic E-state index is 11.8. The summed E-state index contributed by atoms with van der Waals surface area (Å²) in [5, 5.41) is 2.99. The number of hydrogen-bond donors (Lipinski definition) is 2. The third-order valence-electron chi connectivity index (χ3n) is 3.69. The number of nitrogens with two attached hydrogens (primary N) is 1. The number of nitrogens with one attached hydrogen (secondary N) is 1. The fraction of sp³-hybridized carbons (Fsp3) is 0.533. The molecule has 1 saturated heterocycles. The first-order chi connectivity index (χ1) is 9.15. The van der Waals surface area contributed by atoms with Crippen LogP contribution in [-0.4, -0.2) is 25.2 Å². The van der Waals surface area contributed by atoms with Gasteiger partial charge in [0, 0.05) is 31.2 Å². The predicted molar refractivity (Wildman–Crippen MR) is 75.7 cm³/mol. The van der Waals surface area contributed by atoms with Gasteiger partial charge in [0.1, 0.15) is 0 Å². The Bertz CT molecular complexity index is 434. The molecule has 1 aromatic carbocycles. The molecule has 1 fully saturated rings. The van der Waals surface area contributed by atoms with Gasteiger partial charge >= 0.3 is 0 Å². The molecule has 0 bridgehead atoms. The summed E-state index contributed by atoms with van der Waals surface area (Å²) in [6.07, 6.45) is 2.53. The maximum atomic E-state index is 11.8. The highest BCUT2D eigenvalue weighted by molar-refractivity contribution is 5.76. The second kappa shape index (κ2) is 6.57. The second-order valence-corrected chi connectivity index (χ2v) is 5.17. The van der Waals surface area contributed by atoms with Gasteiger partial charge < -0.3 is 15.8 Å². The van der Waals surface area contributed by atoms with E-state index in [1.54, 1.807) is 0 Å². The van der Waals surface area contributed by atoms with Crippen molar-refractivity contribution in [2.24, 2.45) is 5.92 Å². The van der Waals surface area contributed by atoms with Gasteiger partial charge in [-0.25, -0.2) is 0 Å². The van der Waals surface area contributed by atoms with E-state index in [-0.39, 0.29) is 12.0 Å². The topological polar surface area (TPSA) is 64.3 Å². The van der Waals surface area contributed by atoms with Crippen molar-refractivity contribution in [1.29, 1.82) is 0 Å². The molecule has 4 nitrogen and oxygen atoms in total. The number of aryl methyl sites for hydroxylation is 1. The summed E-state index contributed by atoms with van der Waals surface area (Å²) in [4.78, 5) is 11.8. The number of carbonyl (C=O) groups excluding carboxylic acids is 1. The molecule has 1 aromatic rings. The summed E-state index contributed by atoms with van der Waals surface area (Å²) in [6.45, 7) is 3.60. The first-order valence-electron chi connectivity index (χ1n) is 6.88. The van der Waals surface area contributed by atoms with Crippen LogP contribution in [0.4, 0.5) is 5.69 Å². The molecule has 0 aliphatic carbocycles. The van der Waals surface area contributed by atoms with E-state index >= 15 is 0 Å². The molecule has 0 aromatic heterocycles. The zero-order valence-corrected chi connectivity index (χ0v) is 11.4. The minimum absolute atomic E-state index is 0.0986. The van der Waals surface area contributed by atoms with Crippen LogP contribution in [0.5, 0.6) is 0 Å². The van der Waals surface area contributed by atoms with E-state index in [2.05, 4.69) is 12.2 Å². The Morgan fingerprint density at radius 3 is 3.05 bits per heavy atom. The van der Waals surface area contributed by atoms with Crippen LogP contribution in [0.25, 0.3) is 0 Å². The number of carbonyl (C=O) groups is 1. The van der Waals surface area contributed by atoms with Crippen molar-refractivity contribution < 1.29 is 9.53 Å². The number of nitrogen functional groups attached to an aromatic ring is 1. The van der Waals surface area contributed by atoms with Gasteiger partial charge in [0.2, 0.25) is 5.91 Å². The average Bonchev–Trinajstić information content (AvgIpc) is 2.80. The summed E-state index contributed by atoms with van der Waals surface area (Å²) in [5.41, 5.74) is 7.56. The monoisotopic (exact) mass is 262 g/mol. The quantitative estimate of drug-likeness (QED) is 0.794. The molecule has 0 radical (unpaired) electrons. The fourth-order valence-electron chi connectivity index (χ4n) is 2.38. The lowest BCUT2D eigenvalue weighted by molar-refractivity contribution is -0.121. The van der Waals surface area contributed by atoms with Crippen LogP contribution in [0, 0.1) is 5.92 Å². The van der Waals surface area contributed by atoms with Gasteiger partial charge in [-0.05, 0) is 37.5 Å². The van der Waals surface area contributed by atoms with Crippen molar-refractivity contribution >= 4 is 11.6 Å². The third-order valence-corrected chi connectivity index (χ3v) is 3.69. The minimum Gasteiger partial charge on any atom is -0.399 e. The van der Waals surface area contributed by atoms with Crippen molar-refractivity contribution in [3.8, 4) is 0 Å². The molecular formula is C15H22N2O2. The molecule has 2 atom stereocenters. The smallest absolute Gasteiger partial charge is 0.220 e. The van der Waals surface area contributed by atoms with Gasteiger partial charge in [-0.2, -0.15) is 0 Å². The molecule has 104 valence electrons. The molecule has 1 aliphatic heterocycles. The molecule has 2 unspecified atom stereocenters. The highest BCUT2D eigenvalue weighted by Crippen LogP contribution is 2.19. The Labute approximate surface area is 114 Å². The molecule has 0 spiro atoms. The second-order valence-electron chi connectivity index (χ2n) is 5.17. The highest BCUT2D eigenvalue weighted by atomic mass is 16.5. The van der Waals surface area contributed by atoms with E-state index in [1.165, 1.54) is 0 Å². The Morgan fingerprint density at radius 2 is 2.37 bits per heavy atom. The lowest BCUT2D eigenvalue weighted by atomic mass is 10.0. The molecular weight excluding hydrogens is 240 g/mol. The summed E-state index contributed by atoms with van der Waals surface area (Å²) >= 11 is 0. The van der Waals surface area contributed by atoms with Crippen LogP contribution < -0.4 is 11.1 Å². The molecule has 1 aliphatic rings. The fourth-order valence-corrected chi connectivity index (χ4v) is 2.38. The number of ether oxygens (including phenoxy) is 1. The van der Waals surface area contributed by atoms with E-state index in [9.17, 15) is 4.79 Å². The Kier molecular flexibility index (Phi) is 4.80. The summed E-state index contributed by atoms with van der Waals surface area (Å²) in [7, 11) is 0. The van der Waals surface area contributed by atoms with E-state index in [1.807, 2.05) is 24.3 Å². The molecule has 1 heterocycles. The number of amides is 1. The normalized spacial score (nSPS) is 22.4. The lowest BCUT2D eigenvalue weighted by Crippen LogP contribution is -2.32. The van der Waals surface area contributed by atoms with Gasteiger partial charge in [-0.15, -0.1) is 0 Å². The SMILES string of the molecule is CC1OCCC1CNC(=O)CCc1cccc(N)c1. The van der Waals surface area contributed by atoms with Crippen molar-refractivity contribution in [3.63, 3.8) is 0 Å². The lowest BCUT2D eigenvalue weighted by Gasteiger charge is -2.14. The zero-order valence-electron chi connectivity index (χ0n) is 11.4. The van der Waals surface area contributed by atoms with E-state index in [0.29, 0.717) is 12.3 Å². The number of rotatable bonds is 5. The van der Waals surface area contributed by atoms with Crippen LogP contribution in [0.2, 0.25) is 0 Å². The van der Waals surface area contributed by atoms with Crippen LogP contribution in [0.3, 0.4) is 0 Å². The summed E-state index contributed by atoms with van der Waals surface area (Å²) in [5.74, 6) is 0.554. The third kappa shape index (κ3) is 4.24. The first kappa shape index (κ1) is 13.9. The van der Waals surface area contributed by atoms with E-state index in [0.717, 1.165) is 37.2 Å². The van der Waals surface area contributed by atoms with E-state index < -0.39 is 0 Å². The van der Waals surface area contributed by atoms with E-state index in [4.69, 9.17) is 10.5 Å². The first-order valence-corrected chi connectivity index (χ1v) is 6.88. The molecule has 1 amide bonds. The van der Waals surface area contributed by atoms with Gasteiger partial charge in [0.25, 0.3) is 0 Å². The van der Waals surface area contributed by atoms with Crippen LogP contribution in [0.15, 0.2) is 24.3 Å². The van der Waals surface area contributed by atoms with Crippen molar-refractivity contribution in [1.82, 2.24) is 5.32 Å². The van der Waals surface area contributed by atoms with Gasteiger partial charge in [-0.1, -0.05) is 12.1 Å². The standard InChI is InChI=1S/C15H22N2O2/c1-11-13(7-8-19-11)10-17-15(18)6-5-12-3-2-4-14(16)9-12/h2-4,9,11,13H,5-8,10,16H2,1H3,(H,17,18). The summed E-state index contributed by atoms with van der Waals surface area (Å²) < 4.78 is 5.47. The molecule has 3 N–H and O–H groups in total. The van der Waals surface area contributed by atoms with Crippen LogP contribution >= 0.6 is 0 Å². The van der Waals surface area contributed by atoms with Gasteiger partial charge in [-0.3, -0.25) is 4.79 Å². The molecule has 0 saturated carbocycles. The van der Waals surface area contributed by atoms with Crippen LogP contribution in [0.1, 0.15) is 25.3 Å². The predicted octanol–water partition coefficient (Wildman–Crippen LogP) is 1.74. The van der Waals surface area contributed by atoms with Crippen molar-refractivity contribution in [2.45, 2.75) is 32.3 Å². The maximum Gasteiger partial charge on any atom is 0.220 e. The zero-order chi connectivity index (χ0) is 13.7. The Morgan fingerprint density at radius 1 is 1.53 bits per heavy atom. The van der Waals surface area contributed by atoms with Crippen LogP contribution in [-0.2, 0) is 16.0 Å². The largest absolute Gasteiger partial charge is 0.399 e. The molecule has 4 heteroatoms. The Balaban J connectivity index is 1.70. The van der Waals surface area contributed by atoms with Crippen molar-refractivity contribution in [2.75, 3.05) is 18.9 Å². The number of hydrogen-bond acceptors (Lipinski definition) is 3. The highest BCUT2D eigenvalue weighted by Gasteiger charge is 2.24. The van der Waals surface area contributed by atoms with Gasteiger partial charge in [0.15, 0.2) is 0 Å². The van der Waals surface area contributed by atoms with Crippen molar-refractivity contribution in [3.05, 3.63) is 29.8 Å². The number of benzene rings is 1. The average molecular weight is 262 g/mol. The Hall–Kier alpha value is -1.55. The summed E-state index contributed by atoms with van der Waals surface area (Å²) in [6, 6.07) is 7.68.